The van der Waals surface area contributed by atoms with Crippen LogP contribution in [0.4, 0.5) is 5.69 Å². The van der Waals surface area contributed by atoms with E-state index in [0.717, 1.165) is 6.07 Å². The largest absolute Gasteiger partial charge is 0.426 e. The van der Waals surface area contributed by atoms with Crippen molar-refractivity contribution in [2.24, 2.45) is 5.92 Å². The summed E-state index contributed by atoms with van der Waals surface area (Å²) in [5.74, 6) is -0.317. The average Bonchev–Trinajstić information content (AvgIpc) is 2.69. The lowest BCUT2D eigenvalue weighted by atomic mass is 9.98. The van der Waals surface area contributed by atoms with Gasteiger partial charge >= 0.3 is 5.97 Å². The monoisotopic (exact) mass is 404 g/mol. The predicted molar refractivity (Wildman–Crippen MR) is 101 cm³/mol. The van der Waals surface area contributed by atoms with E-state index in [9.17, 15) is 23.3 Å². The standard InChI is InChI=1S/C19H20N2O6S/c1-14-7-8-16(21(23)24)13-18(14)28(25,26)20-11-9-15(10-12-20)19(22)27-17-5-3-2-4-6-17/h2-8,13,15H,9-12H2,1H3. The Morgan fingerprint density at radius 1 is 1.14 bits per heavy atom. The molecular formula is C19H20N2O6S. The molecule has 2 aromatic rings. The summed E-state index contributed by atoms with van der Waals surface area (Å²) >= 11 is 0. The first-order valence-corrected chi connectivity index (χ1v) is 10.2. The summed E-state index contributed by atoms with van der Waals surface area (Å²) in [6.07, 6.45) is 0.664. The van der Waals surface area contributed by atoms with Crippen molar-refractivity contribution >= 4 is 21.7 Å². The second kappa shape index (κ2) is 8.07. The van der Waals surface area contributed by atoms with Gasteiger partial charge in [0.2, 0.25) is 10.0 Å². The van der Waals surface area contributed by atoms with Gasteiger partial charge in [0.05, 0.1) is 15.7 Å². The number of ether oxygens (including phenoxy) is 1. The molecule has 0 saturated carbocycles. The Hall–Kier alpha value is -2.78. The lowest BCUT2D eigenvalue weighted by molar-refractivity contribution is -0.385. The molecule has 0 amide bonds. The van der Waals surface area contributed by atoms with Gasteiger partial charge in [0, 0.05) is 25.2 Å². The summed E-state index contributed by atoms with van der Waals surface area (Å²) in [4.78, 5) is 22.6. The number of para-hydroxylation sites is 1. The number of hydrogen-bond acceptors (Lipinski definition) is 6. The van der Waals surface area contributed by atoms with Crippen LogP contribution in [0, 0.1) is 23.0 Å². The van der Waals surface area contributed by atoms with Gasteiger partial charge in [-0.25, -0.2) is 8.42 Å². The number of nitrogens with zero attached hydrogens (tertiary/aromatic N) is 2. The molecule has 9 heteroatoms. The summed E-state index contributed by atoms with van der Waals surface area (Å²) in [6.45, 7) is 1.90. The summed E-state index contributed by atoms with van der Waals surface area (Å²) in [5.41, 5.74) is 0.168. The second-order valence-electron chi connectivity index (χ2n) is 6.62. The lowest BCUT2D eigenvalue weighted by Crippen LogP contribution is -2.41. The van der Waals surface area contributed by atoms with E-state index < -0.39 is 20.9 Å². The number of esters is 1. The Morgan fingerprint density at radius 2 is 1.79 bits per heavy atom. The molecule has 1 saturated heterocycles. The van der Waals surface area contributed by atoms with Crippen LogP contribution in [-0.2, 0) is 14.8 Å². The zero-order chi connectivity index (χ0) is 20.3. The molecule has 1 aliphatic rings. The van der Waals surface area contributed by atoms with Crippen molar-refractivity contribution < 1.29 is 22.9 Å². The van der Waals surface area contributed by atoms with Crippen LogP contribution in [-0.4, -0.2) is 36.7 Å². The van der Waals surface area contributed by atoms with E-state index in [1.807, 2.05) is 6.07 Å². The zero-order valence-electron chi connectivity index (χ0n) is 15.3. The van der Waals surface area contributed by atoms with Gasteiger partial charge in [0.1, 0.15) is 5.75 Å². The van der Waals surface area contributed by atoms with Crippen molar-refractivity contribution in [3.05, 3.63) is 64.2 Å². The summed E-state index contributed by atoms with van der Waals surface area (Å²) < 4.78 is 32.5. The third kappa shape index (κ3) is 4.20. The van der Waals surface area contributed by atoms with E-state index >= 15 is 0 Å². The van der Waals surface area contributed by atoms with E-state index in [2.05, 4.69) is 0 Å². The van der Waals surface area contributed by atoms with Crippen LogP contribution < -0.4 is 4.74 Å². The summed E-state index contributed by atoms with van der Waals surface area (Å²) in [5, 5.41) is 11.0. The molecule has 8 nitrogen and oxygen atoms in total. The van der Waals surface area contributed by atoms with Crippen molar-refractivity contribution in [3.8, 4) is 5.75 Å². The van der Waals surface area contributed by atoms with Crippen molar-refractivity contribution in [1.29, 1.82) is 0 Å². The Labute approximate surface area is 162 Å². The van der Waals surface area contributed by atoms with Gasteiger partial charge in [-0.1, -0.05) is 24.3 Å². The van der Waals surface area contributed by atoms with Crippen LogP contribution in [0.15, 0.2) is 53.4 Å². The fourth-order valence-electron chi connectivity index (χ4n) is 3.14. The minimum absolute atomic E-state index is 0.0768. The number of benzene rings is 2. The lowest BCUT2D eigenvalue weighted by Gasteiger charge is -2.30. The van der Waals surface area contributed by atoms with E-state index in [0.29, 0.717) is 24.2 Å². The first kappa shape index (κ1) is 20.0. The molecular weight excluding hydrogens is 384 g/mol. The first-order chi connectivity index (χ1) is 13.3. The van der Waals surface area contributed by atoms with Crippen molar-refractivity contribution in [2.45, 2.75) is 24.7 Å². The number of nitro benzene ring substituents is 1. The van der Waals surface area contributed by atoms with Gasteiger partial charge in [0.15, 0.2) is 0 Å². The van der Waals surface area contributed by atoms with Crippen LogP contribution in [0.2, 0.25) is 0 Å². The number of hydrogen-bond donors (Lipinski definition) is 0. The number of non-ortho nitro benzene ring substituents is 1. The van der Waals surface area contributed by atoms with Crippen molar-refractivity contribution in [1.82, 2.24) is 4.31 Å². The third-order valence-electron chi connectivity index (χ3n) is 4.75. The molecule has 1 heterocycles. The molecule has 28 heavy (non-hydrogen) atoms. The SMILES string of the molecule is Cc1ccc([N+](=O)[O-])cc1S(=O)(=O)N1CCC(C(=O)Oc2ccccc2)CC1. The fourth-order valence-corrected chi connectivity index (χ4v) is 4.85. The van der Waals surface area contributed by atoms with Crippen LogP contribution in [0.3, 0.4) is 0 Å². The Bertz CT molecular complexity index is 983. The average molecular weight is 404 g/mol. The van der Waals surface area contributed by atoms with Gasteiger partial charge in [0.25, 0.3) is 5.69 Å². The van der Waals surface area contributed by atoms with Crippen LogP contribution in [0.5, 0.6) is 5.75 Å². The molecule has 2 aromatic carbocycles. The van der Waals surface area contributed by atoms with Crippen LogP contribution in [0.25, 0.3) is 0 Å². The van der Waals surface area contributed by atoms with Crippen molar-refractivity contribution in [3.63, 3.8) is 0 Å². The first-order valence-electron chi connectivity index (χ1n) is 8.81. The number of carbonyl (C=O) groups excluding carboxylic acids is 1. The molecule has 0 unspecified atom stereocenters. The number of aryl methyl sites for hydroxylation is 1. The Morgan fingerprint density at radius 3 is 2.39 bits per heavy atom. The Balaban J connectivity index is 1.69. The minimum Gasteiger partial charge on any atom is -0.426 e. The van der Waals surface area contributed by atoms with Gasteiger partial charge in [-0.2, -0.15) is 4.31 Å². The molecule has 0 aliphatic carbocycles. The van der Waals surface area contributed by atoms with Gasteiger partial charge in [-0.3, -0.25) is 14.9 Å². The van der Waals surface area contributed by atoms with E-state index in [1.54, 1.807) is 31.2 Å². The molecule has 148 valence electrons. The molecule has 1 fully saturated rings. The van der Waals surface area contributed by atoms with Gasteiger partial charge < -0.3 is 4.74 Å². The van der Waals surface area contributed by atoms with Crippen molar-refractivity contribution in [2.75, 3.05) is 13.1 Å². The highest BCUT2D eigenvalue weighted by Gasteiger charge is 2.34. The third-order valence-corrected chi connectivity index (χ3v) is 6.79. The topological polar surface area (TPSA) is 107 Å². The number of piperidine rings is 1. The Kier molecular flexibility index (Phi) is 5.76. The van der Waals surface area contributed by atoms with Gasteiger partial charge in [-0.15, -0.1) is 0 Å². The van der Waals surface area contributed by atoms with Gasteiger partial charge in [-0.05, 0) is 37.5 Å². The minimum atomic E-state index is -3.88. The summed E-state index contributed by atoms with van der Waals surface area (Å²) in [7, 11) is -3.88. The van der Waals surface area contributed by atoms with E-state index in [1.165, 1.54) is 16.4 Å². The molecule has 0 atom stereocenters. The summed E-state index contributed by atoms with van der Waals surface area (Å²) in [6, 6.07) is 12.5. The molecule has 1 aliphatic heterocycles. The maximum atomic E-state index is 12.9. The van der Waals surface area contributed by atoms with E-state index in [-0.39, 0.29) is 29.6 Å². The molecule has 0 N–H and O–H groups in total. The maximum Gasteiger partial charge on any atom is 0.314 e. The number of sulfonamides is 1. The highest BCUT2D eigenvalue weighted by molar-refractivity contribution is 7.89. The number of rotatable bonds is 5. The van der Waals surface area contributed by atoms with Crippen LogP contribution >= 0.6 is 0 Å². The van der Waals surface area contributed by atoms with E-state index in [4.69, 9.17) is 4.74 Å². The number of nitro groups is 1. The normalized spacial score (nSPS) is 15.9. The molecule has 0 bridgehead atoms. The highest BCUT2D eigenvalue weighted by atomic mass is 32.2. The molecule has 0 aromatic heterocycles. The predicted octanol–water partition coefficient (Wildman–Crippen LogP) is 2.91. The molecule has 0 spiro atoms. The zero-order valence-corrected chi connectivity index (χ0v) is 16.1. The fraction of sp³-hybridized carbons (Fsp3) is 0.316. The maximum absolute atomic E-state index is 12.9. The quantitative estimate of drug-likeness (QED) is 0.328. The van der Waals surface area contributed by atoms with Crippen LogP contribution in [0.1, 0.15) is 18.4 Å². The smallest absolute Gasteiger partial charge is 0.314 e. The number of carbonyl (C=O) groups is 1. The second-order valence-corrected chi connectivity index (χ2v) is 8.53. The molecule has 3 rings (SSSR count). The highest BCUT2D eigenvalue weighted by Crippen LogP contribution is 2.29. The molecule has 0 radical (unpaired) electrons.